The Balaban J connectivity index is 0.969. The van der Waals surface area contributed by atoms with Crippen LogP contribution in [0.15, 0.2) is 131 Å². The lowest BCUT2D eigenvalue weighted by Gasteiger charge is -2.37. The first-order valence-corrected chi connectivity index (χ1v) is 20.9. The van der Waals surface area contributed by atoms with Crippen LogP contribution in [0, 0.1) is 17.0 Å². The molecular formula is C44H44ClN7O3S2. The number of hydrogen-bond acceptors (Lipinski definition) is 9. The van der Waals surface area contributed by atoms with Crippen molar-refractivity contribution in [1.29, 1.82) is 0 Å². The molecule has 1 amide bonds. The maximum atomic E-state index is 13.3. The molecule has 0 radical (unpaired) electrons. The molecule has 1 aliphatic rings. The van der Waals surface area contributed by atoms with Crippen molar-refractivity contribution < 1.29 is 9.72 Å². The van der Waals surface area contributed by atoms with Crippen LogP contribution in [-0.2, 0) is 7.05 Å². The number of nitrogens with one attached hydrogen (secondary N) is 3. The summed E-state index contributed by atoms with van der Waals surface area (Å²) in [6.45, 7) is 5.98. The SMILES string of the molecule is CNC(=O)c1c(-c2cccc(N3CCN(c4ccc(NSc5ccc(NCCSc6ccccc6)c([N+](=O)[O-])c5)cc4)CC3)c2)c(-c2ccc(Cl)cc2)n(C)c1C. The second-order valence-electron chi connectivity index (χ2n) is 13.6. The highest BCUT2D eigenvalue weighted by molar-refractivity contribution is 8.00. The summed E-state index contributed by atoms with van der Waals surface area (Å²) < 4.78 is 5.43. The van der Waals surface area contributed by atoms with Gasteiger partial charge in [0.1, 0.15) is 5.69 Å². The van der Waals surface area contributed by atoms with E-state index in [0.717, 1.165) is 82.0 Å². The van der Waals surface area contributed by atoms with E-state index in [2.05, 4.69) is 78.3 Å². The van der Waals surface area contributed by atoms with Gasteiger partial charge in [-0.05, 0) is 103 Å². The third kappa shape index (κ3) is 9.20. The lowest BCUT2D eigenvalue weighted by molar-refractivity contribution is -0.384. The van der Waals surface area contributed by atoms with Gasteiger partial charge in [-0.3, -0.25) is 14.9 Å². The number of amides is 1. The smallest absolute Gasteiger partial charge is 0.293 e. The van der Waals surface area contributed by atoms with E-state index in [4.69, 9.17) is 11.6 Å². The summed E-state index contributed by atoms with van der Waals surface area (Å²) in [4.78, 5) is 31.5. The number of carbonyl (C=O) groups excluding carboxylic acids is 1. The number of anilines is 4. The van der Waals surface area contributed by atoms with Gasteiger partial charge in [-0.2, -0.15) is 0 Å². The molecule has 6 aromatic rings. The molecule has 13 heteroatoms. The lowest BCUT2D eigenvalue weighted by Crippen LogP contribution is -2.46. The van der Waals surface area contributed by atoms with Crippen molar-refractivity contribution in [3.63, 3.8) is 0 Å². The van der Waals surface area contributed by atoms with Crippen molar-refractivity contribution in [3.8, 4) is 22.4 Å². The molecule has 10 nitrogen and oxygen atoms in total. The maximum absolute atomic E-state index is 13.3. The van der Waals surface area contributed by atoms with Crippen molar-refractivity contribution in [2.45, 2.75) is 16.7 Å². The molecule has 292 valence electrons. The van der Waals surface area contributed by atoms with Gasteiger partial charge in [-0.1, -0.05) is 54.1 Å². The minimum Gasteiger partial charge on any atom is -0.379 e. The number of piperazine rings is 1. The zero-order valence-electron chi connectivity index (χ0n) is 32.0. The largest absolute Gasteiger partial charge is 0.379 e. The molecule has 1 saturated heterocycles. The van der Waals surface area contributed by atoms with Crippen LogP contribution in [0.1, 0.15) is 16.1 Å². The van der Waals surface area contributed by atoms with E-state index in [1.807, 2.05) is 74.6 Å². The average molecular weight is 818 g/mol. The van der Waals surface area contributed by atoms with E-state index in [9.17, 15) is 14.9 Å². The predicted octanol–water partition coefficient (Wildman–Crippen LogP) is 10.2. The molecule has 0 spiro atoms. The van der Waals surface area contributed by atoms with Crippen molar-refractivity contribution in [3.05, 3.63) is 148 Å². The number of benzene rings is 5. The normalized spacial score (nSPS) is 12.7. The van der Waals surface area contributed by atoms with Crippen LogP contribution in [0.5, 0.6) is 0 Å². The van der Waals surface area contributed by atoms with Gasteiger partial charge >= 0.3 is 0 Å². The molecule has 1 aliphatic heterocycles. The number of thioether (sulfide) groups is 1. The molecule has 0 aliphatic carbocycles. The Morgan fingerprint density at radius 1 is 0.807 bits per heavy atom. The summed E-state index contributed by atoms with van der Waals surface area (Å²) >= 11 is 9.30. The van der Waals surface area contributed by atoms with Gasteiger partial charge in [-0.25, -0.2) is 0 Å². The maximum Gasteiger partial charge on any atom is 0.293 e. The molecule has 0 unspecified atom stereocenters. The molecule has 1 fully saturated rings. The Morgan fingerprint density at radius 2 is 1.51 bits per heavy atom. The number of nitro groups is 1. The van der Waals surface area contributed by atoms with Crippen molar-refractivity contribution in [1.82, 2.24) is 9.88 Å². The number of aromatic nitrogens is 1. The molecule has 0 bridgehead atoms. The molecule has 3 N–H and O–H groups in total. The highest BCUT2D eigenvalue weighted by Gasteiger charge is 2.26. The summed E-state index contributed by atoms with van der Waals surface area (Å²) in [6, 6.07) is 39.9. The fraction of sp³-hybridized carbons (Fsp3) is 0.205. The standard InChI is InChI=1S/C44H44ClN7O3S2/c1-30-41(44(53)46-2)42(43(49(30)3)31-12-14-33(45)15-13-31)32-8-7-9-36(28-32)51-25-23-50(24-26-51)35-18-16-34(17-19-35)48-57-38-20-21-39(40(29-38)52(54)55)47-22-27-56-37-10-5-4-6-11-37/h4-21,28-29,47-48H,22-27H2,1-3H3,(H,46,53). The van der Waals surface area contributed by atoms with Crippen LogP contribution >= 0.6 is 35.3 Å². The van der Waals surface area contributed by atoms with Gasteiger partial charge in [0.25, 0.3) is 11.6 Å². The van der Waals surface area contributed by atoms with E-state index in [0.29, 0.717) is 22.8 Å². The number of carbonyl (C=O) groups is 1. The molecule has 5 aromatic carbocycles. The molecule has 1 aromatic heterocycles. The quantitative estimate of drug-likeness (QED) is 0.0326. The number of nitro benzene ring substituents is 1. The zero-order chi connectivity index (χ0) is 39.9. The first-order valence-electron chi connectivity index (χ1n) is 18.7. The fourth-order valence-corrected chi connectivity index (χ4v) is 8.71. The number of nitrogens with zero attached hydrogens (tertiary/aromatic N) is 4. The van der Waals surface area contributed by atoms with Crippen LogP contribution in [-0.4, -0.2) is 60.9 Å². The minimum atomic E-state index is -0.339. The van der Waals surface area contributed by atoms with E-state index in [1.54, 1.807) is 30.9 Å². The Hall–Kier alpha value is -5.56. The molecule has 2 heterocycles. The molecule has 57 heavy (non-hydrogen) atoms. The van der Waals surface area contributed by atoms with Crippen LogP contribution in [0.2, 0.25) is 5.02 Å². The van der Waals surface area contributed by atoms with Crippen LogP contribution < -0.4 is 25.2 Å². The highest BCUT2D eigenvalue weighted by Crippen LogP contribution is 2.40. The molecule has 0 atom stereocenters. The zero-order valence-corrected chi connectivity index (χ0v) is 34.4. The van der Waals surface area contributed by atoms with Crippen molar-refractivity contribution in [2.75, 3.05) is 65.4 Å². The average Bonchev–Trinajstić information content (AvgIpc) is 3.51. The van der Waals surface area contributed by atoms with Gasteiger partial charge in [0, 0.05) is 102 Å². The Kier molecular flexibility index (Phi) is 12.6. The first kappa shape index (κ1) is 39.7. The number of hydrogen-bond donors (Lipinski definition) is 3. The van der Waals surface area contributed by atoms with Crippen molar-refractivity contribution in [2.24, 2.45) is 7.05 Å². The van der Waals surface area contributed by atoms with E-state index in [1.165, 1.54) is 16.8 Å². The van der Waals surface area contributed by atoms with Gasteiger partial charge in [-0.15, -0.1) is 11.8 Å². The lowest BCUT2D eigenvalue weighted by atomic mass is 9.96. The Bertz CT molecular complexity index is 2350. The summed E-state index contributed by atoms with van der Waals surface area (Å²) in [6.07, 6.45) is 0. The van der Waals surface area contributed by atoms with Gasteiger partial charge in [0.15, 0.2) is 0 Å². The van der Waals surface area contributed by atoms with Gasteiger partial charge in [0.2, 0.25) is 0 Å². The third-order valence-electron chi connectivity index (χ3n) is 10.2. The predicted molar refractivity (Wildman–Crippen MR) is 239 cm³/mol. The third-order valence-corrected chi connectivity index (χ3v) is 12.2. The molecule has 0 saturated carbocycles. The van der Waals surface area contributed by atoms with Crippen LogP contribution in [0.25, 0.3) is 22.4 Å². The first-order chi connectivity index (χ1) is 27.7. The number of halogens is 1. The van der Waals surface area contributed by atoms with Gasteiger partial charge in [0.05, 0.1) is 16.2 Å². The Morgan fingerprint density at radius 3 is 2.19 bits per heavy atom. The highest BCUT2D eigenvalue weighted by atomic mass is 35.5. The molecule has 7 rings (SSSR count). The minimum absolute atomic E-state index is 0.0548. The summed E-state index contributed by atoms with van der Waals surface area (Å²) in [7, 11) is 3.67. The summed E-state index contributed by atoms with van der Waals surface area (Å²) in [5, 5.41) is 18.6. The fourth-order valence-electron chi connectivity index (χ4n) is 7.12. The van der Waals surface area contributed by atoms with Gasteiger partial charge < -0.3 is 29.7 Å². The summed E-state index contributed by atoms with van der Waals surface area (Å²) in [5.74, 6) is 0.677. The van der Waals surface area contributed by atoms with E-state index >= 15 is 0 Å². The monoisotopic (exact) mass is 817 g/mol. The van der Waals surface area contributed by atoms with E-state index in [-0.39, 0.29) is 16.5 Å². The number of rotatable bonds is 14. The second-order valence-corrected chi connectivity index (χ2v) is 16.1. The second kappa shape index (κ2) is 18.1. The van der Waals surface area contributed by atoms with Crippen molar-refractivity contribution >= 4 is 69.7 Å². The Labute approximate surface area is 346 Å². The summed E-state index contributed by atoms with van der Waals surface area (Å²) in [5.41, 5.74) is 9.14. The van der Waals surface area contributed by atoms with Crippen LogP contribution in [0.3, 0.4) is 0 Å². The molecular weight excluding hydrogens is 774 g/mol. The van der Waals surface area contributed by atoms with E-state index < -0.39 is 0 Å². The van der Waals surface area contributed by atoms with Crippen LogP contribution in [0.4, 0.5) is 28.4 Å². The topological polar surface area (TPSA) is 108 Å².